The summed E-state index contributed by atoms with van der Waals surface area (Å²) in [5.74, 6) is 1.48. The van der Waals surface area contributed by atoms with E-state index in [1.165, 1.54) is 22.3 Å². The molecule has 3 nitrogen and oxygen atoms in total. The average Bonchev–Trinajstić information content (AvgIpc) is 2.87. The van der Waals surface area contributed by atoms with Crippen LogP contribution in [0.4, 0.5) is 11.4 Å². The number of benzene rings is 2. The molecule has 0 saturated heterocycles. The van der Waals surface area contributed by atoms with E-state index in [1.807, 2.05) is 18.2 Å². The van der Waals surface area contributed by atoms with Gasteiger partial charge in [-0.05, 0) is 77.5 Å². The first-order chi connectivity index (χ1) is 18.0. The number of hydrogen-bond donors (Lipinski definition) is 0. The second-order valence-corrected chi connectivity index (χ2v) is 11.4. The summed E-state index contributed by atoms with van der Waals surface area (Å²) in [5.41, 5.74) is 11.9. The number of pyridine rings is 1. The van der Waals surface area contributed by atoms with E-state index in [9.17, 15) is 0 Å². The van der Waals surface area contributed by atoms with Crippen molar-refractivity contribution in [3.8, 4) is 0 Å². The summed E-state index contributed by atoms with van der Waals surface area (Å²) in [4.78, 5) is 15.4. The van der Waals surface area contributed by atoms with Gasteiger partial charge >= 0.3 is 17.1 Å². The van der Waals surface area contributed by atoms with Crippen LogP contribution < -0.4 is 34.0 Å². The average molecular weight is 723 g/mol. The van der Waals surface area contributed by atoms with Crippen molar-refractivity contribution in [2.75, 3.05) is 0 Å². The molecule has 0 amide bonds. The zero-order chi connectivity index (χ0) is 28.1. The van der Waals surface area contributed by atoms with Crippen molar-refractivity contribution in [3.63, 3.8) is 0 Å². The molecular weight excluding hydrogens is 678 g/mol. The van der Waals surface area contributed by atoms with E-state index >= 15 is 0 Å². The molecule has 0 spiro atoms. The van der Waals surface area contributed by atoms with E-state index in [-0.39, 0.29) is 51.0 Å². The predicted octanol–water partition coefficient (Wildman–Crippen LogP) is 4.51. The second-order valence-electron chi connectivity index (χ2n) is 11.4. The van der Waals surface area contributed by atoms with Crippen LogP contribution >= 0.6 is 0 Å². The van der Waals surface area contributed by atoms with Gasteiger partial charge < -0.3 is 34.0 Å². The fourth-order valence-electron chi connectivity index (χ4n) is 4.94. The summed E-state index contributed by atoms with van der Waals surface area (Å²) in [5, 5.41) is 0. The van der Waals surface area contributed by atoms with Gasteiger partial charge in [0.1, 0.15) is 0 Å². The molecule has 0 radical (unpaired) electrons. The van der Waals surface area contributed by atoms with Crippen LogP contribution in [-0.4, -0.2) is 16.4 Å². The molecule has 3 aromatic rings. The van der Waals surface area contributed by atoms with Crippen molar-refractivity contribution in [2.45, 2.75) is 92.9 Å². The Hall–Kier alpha value is -1.85. The molecule has 1 heterocycles. The summed E-state index contributed by atoms with van der Waals surface area (Å²) in [6.45, 7) is 26.0. The number of halogens is 2. The van der Waals surface area contributed by atoms with E-state index in [0.29, 0.717) is 23.7 Å². The van der Waals surface area contributed by atoms with Crippen LogP contribution in [0.15, 0.2) is 65.1 Å². The molecule has 41 heavy (non-hydrogen) atoms. The van der Waals surface area contributed by atoms with Gasteiger partial charge in [0.05, 0.1) is 34.2 Å². The standard InChI is InChI=1S/C35H45N3.2BrH.Fe/c1-12-27-19-20-30(23(6)7)35(33(27)24(8)9)37-26(11)32-18-14-17-31(38-32)25(10)36-34-28(21(2)3)15-13-16-29(34)22(4)5;;;/h12-24H,1H2,2-11H3;2*1H;/q;;;+2/p-2. The van der Waals surface area contributed by atoms with Crippen molar-refractivity contribution < 1.29 is 51.0 Å². The molecule has 0 aliphatic heterocycles. The number of para-hydroxylation sites is 1. The van der Waals surface area contributed by atoms with Crippen LogP contribution in [0.1, 0.15) is 132 Å². The normalized spacial score (nSPS) is 11.9. The summed E-state index contributed by atoms with van der Waals surface area (Å²) < 4.78 is 0. The molecular formula is C35H45Br2FeN3. The molecule has 3 rings (SSSR count). The summed E-state index contributed by atoms with van der Waals surface area (Å²) in [6.07, 6.45) is 1.94. The number of nitrogens with zero attached hydrogens (tertiary/aromatic N) is 3. The molecule has 2 aromatic carbocycles. The summed E-state index contributed by atoms with van der Waals surface area (Å²) >= 11 is 0. The minimum atomic E-state index is 0. The van der Waals surface area contributed by atoms with E-state index in [2.05, 4.69) is 112 Å². The van der Waals surface area contributed by atoms with E-state index in [4.69, 9.17) is 15.0 Å². The molecule has 0 N–H and O–H groups in total. The third-order valence-electron chi connectivity index (χ3n) is 7.09. The Morgan fingerprint density at radius 3 is 1.46 bits per heavy atom. The van der Waals surface area contributed by atoms with Crippen LogP contribution in [0.2, 0.25) is 0 Å². The van der Waals surface area contributed by atoms with Crippen molar-refractivity contribution >= 4 is 28.9 Å². The van der Waals surface area contributed by atoms with Gasteiger partial charge in [0.15, 0.2) is 0 Å². The van der Waals surface area contributed by atoms with Gasteiger partial charge in [-0.25, -0.2) is 4.98 Å². The number of hydrogen-bond acceptors (Lipinski definition) is 3. The van der Waals surface area contributed by atoms with Crippen LogP contribution in [0.5, 0.6) is 0 Å². The molecule has 222 valence electrons. The minimum absolute atomic E-state index is 0. The van der Waals surface area contributed by atoms with Gasteiger partial charge in [-0.2, -0.15) is 0 Å². The van der Waals surface area contributed by atoms with Gasteiger partial charge in [0, 0.05) is 0 Å². The second kappa shape index (κ2) is 17.3. The number of aromatic nitrogens is 1. The molecule has 0 unspecified atom stereocenters. The Labute approximate surface area is 280 Å². The molecule has 1 aromatic heterocycles. The molecule has 0 fully saturated rings. The van der Waals surface area contributed by atoms with Gasteiger partial charge in [-0.1, -0.05) is 104 Å². The first-order valence-corrected chi connectivity index (χ1v) is 14.0. The topological polar surface area (TPSA) is 37.6 Å². The first kappa shape index (κ1) is 39.1. The fraction of sp³-hybridized carbons (Fsp3) is 0.400. The largest absolute Gasteiger partial charge is 2.00 e. The molecule has 0 aliphatic carbocycles. The number of rotatable bonds is 9. The zero-order valence-electron chi connectivity index (χ0n) is 26.2. The third-order valence-corrected chi connectivity index (χ3v) is 7.09. The van der Waals surface area contributed by atoms with Crippen molar-refractivity contribution in [2.24, 2.45) is 9.98 Å². The van der Waals surface area contributed by atoms with E-state index in [1.54, 1.807) is 0 Å². The van der Waals surface area contributed by atoms with Crippen molar-refractivity contribution in [1.82, 2.24) is 4.98 Å². The monoisotopic (exact) mass is 721 g/mol. The maximum Gasteiger partial charge on any atom is 2.00 e. The maximum absolute atomic E-state index is 5.21. The van der Waals surface area contributed by atoms with Crippen LogP contribution in [0.25, 0.3) is 6.08 Å². The Morgan fingerprint density at radius 1 is 0.634 bits per heavy atom. The Kier molecular flexibility index (Phi) is 16.5. The first-order valence-electron chi connectivity index (χ1n) is 14.0. The summed E-state index contributed by atoms with van der Waals surface area (Å²) in [6, 6.07) is 17.0. The number of aliphatic imine (C=N–C) groups is 2. The molecule has 0 aliphatic rings. The Bertz CT molecular complexity index is 1350. The Balaban J connectivity index is 0.00000533. The van der Waals surface area contributed by atoms with Gasteiger partial charge in [-0.3, -0.25) is 9.98 Å². The van der Waals surface area contributed by atoms with E-state index in [0.717, 1.165) is 39.7 Å². The van der Waals surface area contributed by atoms with Gasteiger partial charge in [0.2, 0.25) is 0 Å². The third kappa shape index (κ3) is 9.32. The quantitative estimate of drug-likeness (QED) is 0.237. The van der Waals surface area contributed by atoms with Crippen molar-refractivity contribution in [1.29, 1.82) is 0 Å². The van der Waals surface area contributed by atoms with E-state index < -0.39 is 0 Å². The maximum atomic E-state index is 5.21. The van der Waals surface area contributed by atoms with Crippen LogP contribution in [-0.2, 0) is 17.1 Å². The molecule has 0 bridgehead atoms. The van der Waals surface area contributed by atoms with Gasteiger partial charge in [-0.15, -0.1) is 0 Å². The summed E-state index contributed by atoms with van der Waals surface area (Å²) in [7, 11) is 0. The zero-order valence-corrected chi connectivity index (χ0v) is 30.4. The smallest absolute Gasteiger partial charge is 1.00 e. The molecule has 6 heteroatoms. The fourth-order valence-corrected chi connectivity index (χ4v) is 4.94. The van der Waals surface area contributed by atoms with Crippen LogP contribution in [0, 0.1) is 0 Å². The van der Waals surface area contributed by atoms with Gasteiger partial charge in [0.25, 0.3) is 0 Å². The minimum Gasteiger partial charge on any atom is -1.00 e. The Morgan fingerprint density at radius 2 is 1.05 bits per heavy atom. The SMILES string of the molecule is C=Cc1ccc(C(C)C)c(N=C(C)c2cccc(C(C)=Nc3c(C(C)C)cccc3C(C)C)n2)c1C(C)C.[Br-].[Br-].[Fe+2]. The molecule has 0 atom stereocenters. The van der Waals surface area contributed by atoms with Crippen LogP contribution in [0.3, 0.4) is 0 Å². The molecule has 0 saturated carbocycles. The predicted molar refractivity (Wildman–Crippen MR) is 167 cm³/mol. The van der Waals surface area contributed by atoms with Crippen molar-refractivity contribution in [3.05, 3.63) is 94.3 Å².